The average Bonchev–Trinajstić information content (AvgIpc) is 3.17. The molecule has 1 saturated heterocycles. The van der Waals surface area contributed by atoms with Crippen LogP contribution in [0.3, 0.4) is 0 Å². The first-order valence-corrected chi connectivity index (χ1v) is 11.2. The molecule has 1 fully saturated rings. The molecule has 0 bridgehead atoms. The molecule has 0 unspecified atom stereocenters. The minimum Gasteiger partial charge on any atom is -0.342 e. The Morgan fingerprint density at radius 2 is 2.00 bits per heavy atom. The number of nitrogens with zero attached hydrogens (tertiary/aromatic N) is 3. The van der Waals surface area contributed by atoms with Gasteiger partial charge in [0.1, 0.15) is 4.21 Å². The van der Waals surface area contributed by atoms with Crippen LogP contribution in [0.2, 0.25) is 0 Å². The van der Waals surface area contributed by atoms with Gasteiger partial charge in [-0.1, -0.05) is 6.07 Å². The second-order valence-electron chi connectivity index (χ2n) is 6.39. The molecule has 1 aliphatic heterocycles. The first-order chi connectivity index (χ1) is 12.3. The number of carbonyl (C=O) groups is 2. The zero-order valence-electron chi connectivity index (χ0n) is 15.6. The number of carbonyl (C=O) groups excluding carboxylic acids is 2. The largest absolute Gasteiger partial charge is 0.342 e. The van der Waals surface area contributed by atoms with Gasteiger partial charge in [-0.2, -0.15) is 4.31 Å². The van der Waals surface area contributed by atoms with Crippen molar-refractivity contribution in [1.82, 2.24) is 14.1 Å². The quantitative estimate of drug-likeness (QED) is 0.693. The second kappa shape index (κ2) is 8.96. The van der Waals surface area contributed by atoms with Crippen molar-refractivity contribution in [2.24, 2.45) is 5.92 Å². The number of thiophene rings is 1. The normalized spacial score (nSPS) is 18.5. The molecule has 0 saturated carbocycles. The van der Waals surface area contributed by atoms with Gasteiger partial charge >= 0.3 is 0 Å². The Balaban J connectivity index is 2.02. The standard InChI is InChI=1S/C17H27N3O4S2/c1-4-19(5-2)15(21)13-18(3)17(22)14-8-6-10-20(12-14)26(23,24)16-9-7-11-25-16/h7,9,11,14H,4-6,8,10,12-13H2,1-3H3/t14-/m1/s1. The highest BCUT2D eigenvalue weighted by Gasteiger charge is 2.35. The first kappa shape index (κ1) is 20.9. The van der Waals surface area contributed by atoms with E-state index in [9.17, 15) is 18.0 Å². The molecular formula is C17H27N3O4S2. The van der Waals surface area contributed by atoms with Crippen molar-refractivity contribution in [3.63, 3.8) is 0 Å². The summed E-state index contributed by atoms with van der Waals surface area (Å²) in [5.74, 6) is -0.672. The summed E-state index contributed by atoms with van der Waals surface area (Å²) in [7, 11) is -1.94. The SMILES string of the molecule is CCN(CC)C(=O)CN(C)C(=O)[C@@H]1CCCN(S(=O)(=O)c2cccs2)C1. The third kappa shape index (κ3) is 4.63. The summed E-state index contributed by atoms with van der Waals surface area (Å²) in [6.07, 6.45) is 1.28. The van der Waals surface area contributed by atoms with Gasteiger partial charge in [0, 0.05) is 33.2 Å². The zero-order chi connectivity index (χ0) is 19.3. The van der Waals surface area contributed by atoms with Gasteiger partial charge in [0.25, 0.3) is 10.0 Å². The first-order valence-electron chi connectivity index (χ1n) is 8.87. The molecule has 1 aromatic heterocycles. The molecular weight excluding hydrogens is 374 g/mol. The Labute approximate surface area is 159 Å². The topological polar surface area (TPSA) is 78.0 Å². The van der Waals surface area contributed by atoms with Crippen LogP contribution in [0.4, 0.5) is 0 Å². The van der Waals surface area contributed by atoms with E-state index in [4.69, 9.17) is 0 Å². The van der Waals surface area contributed by atoms with E-state index in [1.165, 1.54) is 20.5 Å². The smallest absolute Gasteiger partial charge is 0.252 e. The van der Waals surface area contributed by atoms with Gasteiger partial charge in [-0.25, -0.2) is 8.42 Å². The van der Waals surface area contributed by atoms with Crippen molar-refractivity contribution in [3.05, 3.63) is 17.5 Å². The number of hydrogen-bond donors (Lipinski definition) is 0. The highest BCUT2D eigenvalue weighted by atomic mass is 32.2. The maximum Gasteiger partial charge on any atom is 0.252 e. The molecule has 0 spiro atoms. The second-order valence-corrected chi connectivity index (χ2v) is 9.51. The number of hydrogen-bond acceptors (Lipinski definition) is 5. The molecule has 0 aliphatic carbocycles. The van der Waals surface area contributed by atoms with Crippen LogP contribution in [0.5, 0.6) is 0 Å². The summed E-state index contributed by atoms with van der Waals surface area (Å²) in [5, 5.41) is 1.73. The highest BCUT2D eigenvalue weighted by Crippen LogP contribution is 2.27. The number of amides is 2. The van der Waals surface area contributed by atoms with Crippen molar-refractivity contribution in [1.29, 1.82) is 0 Å². The van der Waals surface area contributed by atoms with E-state index in [1.54, 1.807) is 29.5 Å². The fraction of sp³-hybridized carbons (Fsp3) is 0.647. The molecule has 1 aromatic rings. The third-order valence-corrected chi connectivity index (χ3v) is 7.93. The van der Waals surface area contributed by atoms with Crippen molar-refractivity contribution in [2.75, 3.05) is 39.8 Å². The maximum atomic E-state index is 12.7. The third-order valence-electron chi connectivity index (χ3n) is 4.69. The zero-order valence-corrected chi connectivity index (χ0v) is 17.2. The van der Waals surface area contributed by atoms with Crippen molar-refractivity contribution in [2.45, 2.75) is 30.9 Å². The lowest BCUT2D eigenvalue weighted by Crippen LogP contribution is -2.48. The fourth-order valence-electron chi connectivity index (χ4n) is 3.17. The van der Waals surface area contributed by atoms with Gasteiger partial charge in [0.15, 0.2) is 0 Å². The molecule has 1 aliphatic rings. The highest BCUT2D eigenvalue weighted by molar-refractivity contribution is 7.91. The molecule has 7 nitrogen and oxygen atoms in total. The lowest BCUT2D eigenvalue weighted by molar-refractivity contribution is -0.142. The molecule has 2 rings (SSSR count). The lowest BCUT2D eigenvalue weighted by atomic mass is 9.98. The van der Waals surface area contributed by atoms with Gasteiger partial charge in [-0.05, 0) is 38.1 Å². The minimum absolute atomic E-state index is 0.0225. The Bertz CT molecular complexity index is 714. The van der Waals surface area contributed by atoms with Gasteiger partial charge < -0.3 is 9.80 Å². The molecule has 9 heteroatoms. The summed E-state index contributed by atoms with van der Waals surface area (Å²) in [4.78, 5) is 28.0. The van der Waals surface area contributed by atoms with Crippen LogP contribution in [0.15, 0.2) is 21.7 Å². The van der Waals surface area contributed by atoms with Gasteiger partial charge in [0.2, 0.25) is 11.8 Å². The fourth-order valence-corrected chi connectivity index (χ4v) is 5.84. The summed E-state index contributed by atoms with van der Waals surface area (Å²) in [5.41, 5.74) is 0. The minimum atomic E-state index is -3.55. The molecule has 146 valence electrons. The molecule has 26 heavy (non-hydrogen) atoms. The van der Waals surface area contributed by atoms with Crippen LogP contribution < -0.4 is 0 Å². The Kier molecular flexibility index (Phi) is 7.19. The van der Waals surface area contributed by atoms with Crippen LogP contribution in [0, 0.1) is 5.92 Å². The van der Waals surface area contributed by atoms with Crippen LogP contribution in [-0.4, -0.2) is 74.1 Å². The monoisotopic (exact) mass is 401 g/mol. The summed E-state index contributed by atoms with van der Waals surface area (Å²) >= 11 is 1.18. The van der Waals surface area contributed by atoms with E-state index in [2.05, 4.69) is 0 Å². The number of piperidine rings is 1. The predicted octanol–water partition coefficient (Wildman–Crippen LogP) is 1.48. The van der Waals surface area contributed by atoms with Crippen LogP contribution in [0.1, 0.15) is 26.7 Å². The summed E-state index contributed by atoms with van der Waals surface area (Å²) in [6, 6.07) is 3.29. The van der Waals surface area contributed by atoms with E-state index in [0.717, 1.165) is 0 Å². The number of likely N-dealkylation sites (N-methyl/N-ethyl adjacent to an activating group) is 2. The summed E-state index contributed by atoms with van der Waals surface area (Å²) < 4.78 is 27.1. The van der Waals surface area contributed by atoms with E-state index in [1.807, 2.05) is 13.8 Å². The summed E-state index contributed by atoms with van der Waals surface area (Å²) in [6.45, 7) is 5.63. The Morgan fingerprint density at radius 3 is 2.58 bits per heavy atom. The molecule has 2 heterocycles. The molecule has 1 atom stereocenters. The Hall–Kier alpha value is -1.45. The van der Waals surface area contributed by atoms with E-state index in [0.29, 0.717) is 36.7 Å². The van der Waals surface area contributed by atoms with E-state index >= 15 is 0 Å². The van der Waals surface area contributed by atoms with Crippen LogP contribution in [-0.2, 0) is 19.6 Å². The molecule has 0 radical (unpaired) electrons. The maximum absolute atomic E-state index is 12.7. The van der Waals surface area contributed by atoms with Crippen LogP contribution in [0.25, 0.3) is 0 Å². The van der Waals surface area contributed by atoms with Gasteiger partial charge in [-0.3, -0.25) is 9.59 Å². The van der Waals surface area contributed by atoms with E-state index < -0.39 is 15.9 Å². The van der Waals surface area contributed by atoms with Crippen molar-refractivity contribution < 1.29 is 18.0 Å². The van der Waals surface area contributed by atoms with Crippen LogP contribution >= 0.6 is 11.3 Å². The molecule has 0 aromatic carbocycles. The number of rotatable bonds is 7. The van der Waals surface area contributed by atoms with Gasteiger partial charge in [-0.15, -0.1) is 11.3 Å². The molecule has 0 N–H and O–H groups in total. The predicted molar refractivity (Wildman–Crippen MR) is 101 cm³/mol. The average molecular weight is 402 g/mol. The Morgan fingerprint density at radius 1 is 1.31 bits per heavy atom. The lowest BCUT2D eigenvalue weighted by Gasteiger charge is -2.33. The van der Waals surface area contributed by atoms with Crippen molar-refractivity contribution >= 4 is 33.2 Å². The van der Waals surface area contributed by atoms with Crippen molar-refractivity contribution in [3.8, 4) is 0 Å². The number of sulfonamides is 1. The van der Waals surface area contributed by atoms with E-state index in [-0.39, 0.29) is 24.9 Å². The molecule has 2 amide bonds. The van der Waals surface area contributed by atoms with Gasteiger partial charge in [0.05, 0.1) is 12.5 Å².